The fourth-order valence-electron chi connectivity index (χ4n) is 1.63. The minimum absolute atomic E-state index is 0.0117. The molecular formula is C14H25O7P. The number of esters is 1. The maximum atomic E-state index is 12.1. The van der Waals surface area contributed by atoms with E-state index in [0.29, 0.717) is 0 Å². The van der Waals surface area contributed by atoms with Gasteiger partial charge in [0.05, 0.1) is 32.1 Å². The first-order chi connectivity index (χ1) is 10.4. The van der Waals surface area contributed by atoms with E-state index in [1.807, 2.05) is 0 Å². The smallest absolute Gasteiger partial charge is 0.334 e. The first-order valence-electron chi connectivity index (χ1n) is 7.27. The molecule has 0 heterocycles. The second kappa shape index (κ2) is 11.5. The quantitative estimate of drug-likeness (QED) is 0.252. The van der Waals surface area contributed by atoms with Crippen molar-refractivity contribution in [3.8, 4) is 0 Å². The first kappa shape index (κ1) is 21.0. The number of carbonyl (C=O) groups is 2. The summed E-state index contributed by atoms with van der Waals surface area (Å²) in [6.45, 7) is 5.78. The summed E-state index contributed by atoms with van der Waals surface area (Å²) in [5, 5.41) is 9.69. The van der Waals surface area contributed by atoms with Crippen molar-refractivity contribution in [1.29, 1.82) is 0 Å². The van der Waals surface area contributed by atoms with Gasteiger partial charge in [-0.25, -0.2) is 0 Å². The molecule has 0 aliphatic rings. The summed E-state index contributed by atoms with van der Waals surface area (Å²) >= 11 is 0. The standard InChI is InChI=1S/C14H25O7P/c1-4-19-14(17)11-13(16)10-12(15)8-7-9-22(18,20-5-2)21-6-3/h7-8,12,15H,4-6,9-11H2,1-3H3/b8-7+/t12-/m1/s1. The van der Waals surface area contributed by atoms with Crippen molar-refractivity contribution in [3.63, 3.8) is 0 Å². The van der Waals surface area contributed by atoms with Crippen molar-refractivity contribution in [2.45, 2.75) is 39.7 Å². The number of carbonyl (C=O) groups excluding carboxylic acids is 2. The van der Waals surface area contributed by atoms with Crippen molar-refractivity contribution in [2.24, 2.45) is 0 Å². The lowest BCUT2D eigenvalue weighted by Gasteiger charge is -2.15. The van der Waals surface area contributed by atoms with Crippen LogP contribution in [0.3, 0.4) is 0 Å². The Morgan fingerprint density at radius 2 is 1.73 bits per heavy atom. The summed E-state index contributed by atoms with van der Waals surface area (Å²) in [6.07, 6.45) is 1.18. The molecule has 0 unspecified atom stereocenters. The Balaban J connectivity index is 4.29. The number of rotatable bonds is 12. The monoisotopic (exact) mass is 336 g/mol. The Hall–Kier alpha value is -1.01. The van der Waals surface area contributed by atoms with Crippen molar-refractivity contribution < 1.29 is 33.0 Å². The molecule has 128 valence electrons. The highest BCUT2D eigenvalue weighted by molar-refractivity contribution is 7.54. The molecule has 8 heteroatoms. The zero-order valence-corrected chi connectivity index (χ0v) is 14.2. The fraction of sp³-hybridized carbons (Fsp3) is 0.714. The largest absolute Gasteiger partial charge is 0.466 e. The van der Waals surface area contributed by atoms with Crippen LogP contribution in [0.4, 0.5) is 0 Å². The van der Waals surface area contributed by atoms with E-state index in [-0.39, 0.29) is 38.8 Å². The number of aliphatic hydroxyl groups excluding tert-OH is 1. The van der Waals surface area contributed by atoms with E-state index in [0.717, 1.165) is 0 Å². The first-order valence-corrected chi connectivity index (χ1v) is 8.99. The molecule has 0 bridgehead atoms. The lowest BCUT2D eigenvalue weighted by atomic mass is 10.1. The number of hydrogen-bond donors (Lipinski definition) is 1. The normalized spacial score (nSPS) is 13.3. The highest BCUT2D eigenvalue weighted by Crippen LogP contribution is 2.47. The molecule has 0 aromatic carbocycles. The molecule has 0 radical (unpaired) electrons. The molecule has 1 N–H and O–H groups in total. The minimum Gasteiger partial charge on any atom is -0.466 e. The van der Waals surface area contributed by atoms with E-state index >= 15 is 0 Å². The number of hydrogen-bond acceptors (Lipinski definition) is 7. The molecule has 0 aliphatic carbocycles. The highest BCUT2D eigenvalue weighted by Gasteiger charge is 2.21. The molecule has 0 amide bonds. The van der Waals surface area contributed by atoms with Gasteiger partial charge >= 0.3 is 13.6 Å². The summed E-state index contributed by atoms with van der Waals surface area (Å²) in [4.78, 5) is 22.6. The predicted octanol–water partition coefficient (Wildman–Crippen LogP) is 2.08. The Kier molecular flexibility index (Phi) is 11.0. The van der Waals surface area contributed by atoms with Crippen LogP contribution < -0.4 is 0 Å². The van der Waals surface area contributed by atoms with E-state index in [1.165, 1.54) is 12.2 Å². The fourth-order valence-corrected chi connectivity index (χ4v) is 3.08. The van der Waals surface area contributed by atoms with Crippen LogP contribution in [0.2, 0.25) is 0 Å². The van der Waals surface area contributed by atoms with Gasteiger partial charge in [-0.3, -0.25) is 14.2 Å². The number of ketones is 1. The molecule has 22 heavy (non-hydrogen) atoms. The maximum Gasteiger partial charge on any atom is 0.334 e. The summed E-state index contributed by atoms with van der Waals surface area (Å²) in [5.74, 6) is -1.03. The van der Waals surface area contributed by atoms with Crippen LogP contribution in [-0.2, 0) is 27.9 Å². The molecule has 0 saturated carbocycles. The van der Waals surface area contributed by atoms with Gasteiger partial charge in [0.2, 0.25) is 0 Å². The average molecular weight is 336 g/mol. The number of Topliss-reactive ketones (excluding diaryl/α,β-unsaturated/α-hetero) is 1. The minimum atomic E-state index is -3.20. The molecule has 0 spiro atoms. The van der Waals surface area contributed by atoms with Crippen LogP contribution in [0, 0.1) is 0 Å². The highest BCUT2D eigenvalue weighted by atomic mass is 31.2. The van der Waals surface area contributed by atoms with Gasteiger partial charge in [0.25, 0.3) is 0 Å². The Morgan fingerprint density at radius 1 is 1.14 bits per heavy atom. The predicted molar refractivity (Wildman–Crippen MR) is 81.7 cm³/mol. The van der Waals surface area contributed by atoms with Crippen molar-refractivity contribution in [3.05, 3.63) is 12.2 Å². The van der Waals surface area contributed by atoms with Crippen LogP contribution in [0.25, 0.3) is 0 Å². The van der Waals surface area contributed by atoms with Gasteiger partial charge in [0.15, 0.2) is 0 Å². The zero-order chi connectivity index (χ0) is 17.0. The molecule has 0 aromatic heterocycles. The van der Waals surface area contributed by atoms with Gasteiger partial charge in [0, 0.05) is 6.42 Å². The van der Waals surface area contributed by atoms with E-state index < -0.39 is 25.5 Å². The van der Waals surface area contributed by atoms with Crippen molar-refractivity contribution in [2.75, 3.05) is 26.0 Å². The van der Waals surface area contributed by atoms with Gasteiger partial charge < -0.3 is 18.9 Å². The van der Waals surface area contributed by atoms with Crippen LogP contribution in [0.15, 0.2) is 12.2 Å². The number of ether oxygens (including phenoxy) is 1. The van der Waals surface area contributed by atoms with E-state index in [9.17, 15) is 19.3 Å². The van der Waals surface area contributed by atoms with E-state index in [4.69, 9.17) is 9.05 Å². The summed E-state index contributed by atoms with van der Waals surface area (Å²) in [6, 6.07) is 0. The molecule has 1 atom stereocenters. The summed E-state index contributed by atoms with van der Waals surface area (Å²) in [7, 11) is -3.20. The van der Waals surface area contributed by atoms with Gasteiger partial charge in [0.1, 0.15) is 12.2 Å². The van der Waals surface area contributed by atoms with Crippen LogP contribution in [0.1, 0.15) is 33.6 Å². The van der Waals surface area contributed by atoms with Gasteiger partial charge in [-0.15, -0.1) is 0 Å². The van der Waals surface area contributed by atoms with Crippen molar-refractivity contribution in [1.82, 2.24) is 0 Å². The second-order valence-electron chi connectivity index (χ2n) is 4.35. The molecular weight excluding hydrogens is 311 g/mol. The molecule has 0 aliphatic heterocycles. The third-order valence-electron chi connectivity index (χ3n) is 2.42. The Morgan fingerprint density at radius 3 is 2.23 bits per heavy atom. The van der Waals surface area contributed by atoms with Crippen molar-refractivity contribution >= 4 is 19.3 Å². The molecule has 0 aromatic rings. The molecule has 0 fully saturated rings. The van der Waals surface area contributed by atoms with E-state index in [2.05, 4.69) is 4.74 Å². The topological polar surface area (TPSA) is 99.1 Å². The van der Waals surface area contributed by atoms with Gasteiger partial charge in [-0.1, -0.05) is 12.2 Å². The third-order valence-corrected chi connectivity index (χ3v) is 4.38. The molecule has 0 rings (SSSR count). The van der Waals surface area contributed by atoms with Crippen LogP contribution in [0.5, 0.6) is 0 Å². The average Bonchev–Trinajstić information content (AvgIpc) is 2.38. The Bertz CT molecular complexity index is 409. The zero-order valence-electron chi connectivity index (χ0n) is 13.3. The second-order valence-corrected chi connectivity index (χ2v) is 6.45. The molecule has 0 saturated heterocycles. The van der Waals surface area contributed by atoms with Gasteiger partial charge in [-0.05, 0) is 20.8 Å². The van der Waals surface area contributed by atoms with Crippen LogP contribution >= 0.6 is 7.60 Å². The summed E-state index contributed by atoms with van der Waals surface area (Å²) < 4.78 is 26.9. The maximum absolute atomic E-state index is 12.1. The number of allylic oxidation sites excluding steroid dienone is 1. The van der Waals surface area contributed by atoms with Gasteiger partial charge in [-0.2, -0.15) is 0 Å². The number of aliphatic hydroxyl groups is 1. The lowest BCUT2D eigenvalue weighted by molar-refractivity contribution is -0.145. The SMILES string of the molecule is CCOC(=O)CC(=O)C[C@H](O)/C=C/CP(=O)(OCC)OCC. The third kappa shape index (κ3) is 9.84. The Labute approximate surface area is 131 Å². The summed E-state index contributed by atoms with van der Waals surface area (Å²) in [5.41, 5.74) is 0. The van der Waals surface area contributed by atoms with E-state index in [1.54, 1.807) is 20.8 Å². The lowest BCUT2D eigenvalue weighted by Crippen LogP contribution is -2.16. The molecule has 7 nitrogen and oxygen atoms in total. The van der Waals surface area contributed by atoms with Crippen LogP contribution in [-0.4, -0.2) is 48.9 Å².